The fraction of sp³-hybridized carbons (Fsp3) is 0.353. The summed E-state index contributed by atoms with van der Waals surface area (Å²) in [4.78, 5) is 4.49. The Hall–Kier alpha value is -2.07. The lowest BCUT2D eigenvalue weighted by Crippen LogP contribution is -2.02. The average molecular weight is 287 g/mol. The molecule has 0 amide bonds. The Kier molecular flexibility index (Phi) is 4.81. The Bertz CT molecular complexity index is 623. The van der Waals surface area contributed by atoms with Gasteiger partial charge in [0.05, 0.1) is 24.5 Å². The minimum absolute atomic E-state index is 0.588. The van der Waals surface area contributed by atoms with Crippen LogP contribution in [0.1, 0.15) is 36.9 Å². The van der Waals surface area contributed by atoms with Gasteiger partial charge in [0, 0.05) is 5.69 Å². The molecule has 0 bridgehead atoms. The van der Waals surface area contributed by atoms with Gasteiger partial charge in [0.15, 0.2) is 0 Å². The van der Waals surface area contributed by atoms with Crippen molar-refractivity contribution in [2.24, 2.45) is 0 Å². The van der Waals surface area contributed by atoms with Crippen LogP contribution in [-0.4, -0.2) is 17.2 Å². The standard InChI is InChI=1S/C17H21NO3/c1-5-13-14(10-9-11(2)18-13)21-16-8-6-7-15(20-4)17(16)12(3)19/h6-10,12,19H,5H2,1-4H3. The lowest BCUT2D eigenvalue weighted by Gasteiger charge is -2.17. The fourth-order valence-corrected chi connectivity index (χ4v) is 2.27. The Morgan fingerprint density at radius 2 is 1.86 bits per heavy atom. The van der Waals surface area contributed by atoms with Crippen LogP contribution in [-0.2, 0) is 6.42 Å². The zero-order valence-corrected chi connectivity index (χ0v) is 12.9. The highest BCUT2D eigenvalue weighted by atomic mass is 16.5. The second-order valence-electron chi connectivity index (χ2n) is 4.90. The number of aliphatic hydroxyl groups excluding tert-OH is 1. The number of aliphatic hydroxyl groups is 1. The first-order chi connectivity index (χ1) is 10.1. The van der Waals surface area contributed by atoms with Crippen LogP contribution >= 0.6 is 0 Å². The summed E-state index contributed by atoms with van der Waals surface area (Å²) in [6.07, 6.45) is 0.102. The summed E-state index contributed by atoms with van der Waals surface area (Å²) in [5.41, 5.74) is 2.50. The van der Waals surface area contributed by atoms with E-state index in [1.54, 1.807) is 14.0 Å². The normalized spacial score (nSPS) is 12.0. The molecular weight excluding hydrogens is 266 g/mol. The number of benzene rings is 1. The van der Waals surface area contributed by atoms with E-state index in [2.05, 4.69) is 4.98 Å². The molecule has 4 heteroatoms. The molecule has 0 spiro atoms. The lowest BCUT2D eigenvalue weighted by atomic mass is 10.1. The first-order valence-electron chi connectivity index (χ1n) is 7.06. The van der Waals surface area contributed by atoms with Gasteiger partial charge in [-0.3, -0.25) is 4.98 Å². The van der Waals surface area contributed by atoms with Gasteiger partial charge in [0.2, 0.25) is 0 Å². The van der Waals surface area contributed by atoms with Crippen molar-refractivity contribution in [1.82, 2.24) is 4.98 Å². The molecule has 0 saturated heterocycles. The Morgan fingerprint density at radius 1 is 1.14 bits per heavy atom. The number of aromatic nitrogens is 1. The van der Waals surface area contributed by atoms with E-state index in [1.165, 1.54) is 0 Å². The highest BCUT2D eigenvalue weighted by molar-refractivity contribution is 5.48. The first-order valence-corrected chi connectivity index (χ1v) is 7.06. The molecule has 21 heavy (non-hydrogen) atoms. The topological polar surface area (TPSA) is 51.6 Å². The molecule has 2 rings (SSSR count). The second kappa shape index (κ2) is 6.59. The Balaban J connectivity index is 2.44. The minimum Gasteiger partial charge on any atom is -0.496 e. The molecule has 0 saturated carbocycles. The SMILES string of the molecule is CCc1nc(C)ccc1Oc1cccc(OC)c1C(C)O. The van der Waals surface area contributed by atoms with E-state index in [9.17, 15) is 5.11 Å². The number of hydrogen-bond acceptors (Lipinski definition) is 4. The fourth-order valence-electron chi connectivity index (χ4n) is 2.27. The molecule has 4 nitrogen and oxygen atoms in total. The molecule has 0 aliphatic carbocycles. The summed E-state index contributed by atoms with van der Waals surface area (Å²) < 4.78 is 11.3. The zero-order chi connectivity index (χ0) is 15.4. The predicted octanol–water partition coefficient (Wildman–Crippen LogP) is 3.81. The molecular formula is C17H21NO3. The Morgan fingerprint density at radius 3 is 2.48 bits per heavy atom. The minimum atomic E-state index is -0.681. The number of methoxy groups -OCH3 is 1. The second-order valence-corrected chi connectivity index (χ2v) is 4.90. The van der Waals surface area contributed by atoms with Crippen LogP contribution < -0.4 is 9.47 Å². The van der Waals surface area contributed by atoms with Gasteiger partial charge in [0.1, 0.15) is 17.2 Å². The van der Waals surface area contributed by atoms with Crippen molar-refractivity contribution in [1.29, 1.82) is 0 Å². The van der Waals surface area contributed by atoms with Crippen LogP contribution in [0.25, 0.3) is 0 Å². The van der Waals surface area contributed by atoms with Crippen LogP contribution in [0.4, 0.5) is 0 Å². The van der Waals surface area contributed by atoms with Gasteiger partial charge in [-0.15, -0.1) is 0 Å². The molecule has 0 aliphatic rings. The average Bonchev–Trinajstić information content (AvgIpc) is 2.48. The van der Waals surface area contributed by atoms with Crippen molar-refractivity contribution in [3.8, 4) is 17.2 Å². The molecule has 1 atom stereocenters. The van der Waals surface area contributed by atoms with Crippen LogP contribution in [0.5, 0.6) is 17.2 Å². The molecule has 0 aliphatic heterocycles. The molecule has 2 aromatic rings. The molecule has 1 heterocycles. The van der Waals surface area contributed by atoms with Gasteiger partial charge >= 0.3 is 0 Å². The van der Waals surface area contributed by atoms with Crippen molar-refractivity contribution in [2.45, 2.75) is 33.3 Å². The summed E-state index contributed by atoms with van der Waals surface area (Å²) in [7, 11) is 1.58. The van der Waals surface area contributed by atoms with E-state index in [1.807, 2.05) is 44.2 Å². The monoisotopic (exact) mass is 287 g/mol. The maximum absolute atomic E-state index is 9.99. The van der Waals surface area contributed by atoms with Gasteiger partial charge in [0.25, 0.3) is 0 Å². The van der Waals surface area contributed by atoms with E-state index in [0.717, 1.165) is 17.8 Å². The highest BCUT2D eigenvalue weighted by Crippen LogP contribution is 2.37. The Labute approximate surface area is 125 Å². The number of rotatable bonds is 5. The number of pyridine rings is 1. The molecule has 1 aromatic carbocycles. The van der Waals surface area contributed by atoms with E-state index < -0.39 is 6.10 Å². The summed E-state index contributed by atoms with van der Waals surface area (Å²) in [6.45, 7) is 5.68. The molecule has 1 N–H and O–H groups in total. The summed E-state index contributed by atoms with van der Waals surface area (Å²) in [5, 5.41) is 9.99. The van der Waals surface area contributed by atoms with E-state index in [-0.39, 0.29) is 0 Å². The van der Waals surface area contributed by atoms with Crippen molar-refractivity contribution in [2.75, 3.05) is 7.11 Å². The number of aryl methyl sites for hydroxylation is 2. The zero-order valence-electron chi connectivity index (χ0n) is 12.9. The summed E-state index contributed by atoms with van der Waals surface area (Å²) in [6, 6.07) is 9.30. The van der Waals surface area contributed by atoms with Gasteiger partial charge in [-0.25, -0.2) is 0 Å². The van der Waals surface area contributed by atoms with Crippen molar-refractivity contribution in [3.05, 3.63) is 47.3 Å². The summed E-state index contributed by atoms with van der Waals surface area (Å²) in [5.74, 6) is 1.91. The van der Waals surface area contributed by atoms with Crippen LogP contribution in [0.3, 0.4) is 0 Å². The van der Waals surface area contributed by atoms with E-state index >= 15 is 0 Å². The third-order valence-corrected chi connectivity index (χ3v) is 3.29. The third-order valence-electron chi connectivity index (χ3n) is 3.29. The van der Waals surface area contributed by atoms with Crippen LogP contribution in [0.2, 0.25) is 0 Å². The largest absolute Gasteiger partial charge is 0.496 e. The highest BCUT2D eigenvalue weighted by Gasteiger charge is 2.17. The quantitative estimate of drug-likeness (QED) is 0.908. The predicted molar refractivity (Wildman–Crippen MR) is 82.1 cm³/mol. The number of hydrogen-bond donors (Lipinski definition) is 1. The molecule has 0 radical (unpaired) electrons. The van der Waals surface area contributed by atoms with E-state index in [0.29, 0.717) is 22.8 Å². The van der Waals surface area contributed by atoms with Crippen molar-refractivity contribution >= 4 is 0 Å². The van der Waals surface area contributed by atoms with Crippen LogP contribution in [0, 0.1) is 6.92 Å². The molecule has 1 unspecified atom stereocenters. The van der Waals surface area contributed by atoms with E-state index in [4.69, 9.17) is 9.47 Å². The van der Waals surface area contributed by atoms with Gasteiger partial charge in [-0.05, 0) is 44.5 Å². The number of nitrogens with zero attached hydrogens (tertiary/aromatic N) is 1. The van der Waals surface area contributed by atoms with Crippen LogP contribution in [0.15, 0.2) is 30.3 Å². The molecule has 112 valence electrons. The van der Waals surface area contributed by atoms with Gasteiger partial charge < -0.3 is 14.6 Å². The first kappa shape index (κ1) is 15.3. The summed E-state index contributed by atoms with van der Waals surface area (Å²) >= 11 is 0. The maximum Gasteiger partial charge on any atom is 0.148 e. The molecule has 1 aromatic heterocycles. The lowest BCUT2D eigenvalue weighted by molar-refractivity contribution is 0.190. The number of ether oxygens (including phenoxy) is 2. The van der Waals surface area contributed by atoms with Gasteiger partial charge in [-0.1, -0.05) is 13.0 Å². The molecule has 0 fully saturated rings. The third kappa shape index (κ3) is 3.34. The van der Waals surface area contributed by atoms with Gasteiger partial charge in [-0.2, -0.15) is 0 Å². The van der Waals surface area contributed by atoms with Crippen molar-refractivity contribution in [3.63, 3.8) is 0 Å². The van der Waals surface area contributed by atoms with Crippen molar-refractivity contribution < 1.29 is 14.6 Å². The maximum atomic E-state index is 9.99. The smallest absolute Gasteiger partial charge is 0.148 e.